The predicted molar refractivity (Wildman–Crippen MR) is 52.9 cm³/mol. The van der Waals surface area contributed by atoms with Crippen LogP contribution in [0.4, 0.5) is 0 Å². The number of methoxy groups -OCH3 is 1. The minimum atomic E-state index is 0.817. The Balaban J connectivity index is 3.40. The highest BCUT2D eigenvalue weighted by atomic mass is 16.5. The molecule has 12 heavy (non-hydrogen) atoms. The number of rotatable bonds is 8. The molecule has 0 saturated carbocycles. The maximum atomic E-state index is 5.02. The Morgan fingerprint density at radius 3 is 2.33 bits per heavy atom. The molecule has 2 radical (unpaired) electrons. The van der Waals surface area contributed by atoms with Crippen molar-refractivity contribution in [1.82, 2.24) is 4.90 Å². The van der Waals surface area contributed by atoms with Crippen molar-refractivity contribution in [2.24, 2.45) is 0 Å². The van der Waals surface area contributed by atoms with Crippen LogP contribution >= 0.6 is 0 Å². The average molecular weight is 171 g/mol. The Bertz CT molecular complexity index is 77.9. The summed E-state index contributed by atoms with van der Waals surface area (Å²) in [5, 5.41) is 0. The van der Waals surface area contributed by atoms with Gasteiger partial charge in [0.25, 0.3) is 0 Å². The maximum Gasteiger partial charge on any atom is 0.0589 e. The van der Waals surface area contributed by atoms with E-state index in [9.17, 15) is 0 Å². The van der Waals surface area contributed by atoms with E-state index < -0.39 is 0 Å². The largest absolute Gasteiger partial charge is 0.383 e. The lowest BCUT2D eigenvalue weighted by molar-refractivity contribution is 0.148. The quantitative estimate of drug-likeness (QED) is 0.552. The van der Waals surface area contributed by atoms with Crippen molar-refractivity contribution in [2.75, 3.05) is 33.4 Å². The van der Waals surface area contributed by atoms with Crippen molar-refractivity contribution in [3.8, 4) is 0 Å². The Morgan fingerprint density at radius 1 is 1.08 bits per heavy atom. The van der Waals surface area contributed by atoms with Gasteiger partial charge < -0.3 is 9.64 Å². The second-order valence-electron chi connectivity index (χ2n) is 2.90. The predicted octanol–water partition coefficient (Wildman–Crippen LogP) is 1.77. The van der Waals surface area contributed by atoms with Gasteiger partial charge in [-0.25, -0.2) is 0 Å². The van der Waals surface area contributed by atoms with Gasteiger partial charge in [-0.1, -0.05) is 20.3 Å². The monoisotopic (exact) mass is 171 g/mol. The van der Waals surface area contributed by atoms with Crippen molar-refractivity contribution in [3.05, 3.63) is 13.8 Å². The first-order valence-electron chi connectivity index (χ1n) is 4.65. The summed E-state index contributed by atoms with van der Waals surface area (Å²) in [6.45, 7) is 11.7. The van der Waals surface area contributed by atoms with E-state index >= 15 is 0 Å². The number of ether oxygens (including phenoxy) is 1. The van der Waals surface area contributed by atoms with Crippen molar-refractivity contribution in [2.45, 2.75) is 19.3 Å². The maximum absolute atomic E-state index is 5.02. The van der Waals surface area contributed by atoms with E-state index in [0.717, 1.165) is 39.1 Å². The van der Waals surface area contributed by atoms with Crippen molar-refractivity contribution >= 4 is 0 Å². The Kier molecular flexibility index (Phi) is 8.95. The van der Waals surface area contributed by atoms with E-state index in [1.54, 1.807) is 7.11 Å². The average Bonchev–Trinajstić information content (AvgIpc) is 2.10. The lowest BCUT2D eigenvalue weighted by Gasteiger charge is -2.20. The smallest absolute Gasteiger partial charge is 0.0589 e. The SMILES string of the molecule is [CH2]CCCN(CC[CH2])CCOC. The summed E-state index contributed by atoms with van der Waals surface area (Å²) < 4.78 is 5.02. The van der Waals surface area contributed by atoms with Crippen molar-refractivity contribution in [1.29, 1.82) is 0 Å². The fraction of sp³-hybridized carbons (Fsp3) is 0.800. The first-order valence-corrected chi connectivity index (χ1v) is 4.65. The molecular formula is C10H21NO. The Morgan fingerprint density at radius 2 is 1.83 bits per heavy atom. The van der Waals surface area contributed by atoms with Crippen LogP contribution in [-0.2, 0) is 4.74 Å². The Hall–Kier alpha value is -0.0800. The number of nitrogens with zero attached hydrogens (tertiary/aromatic N) is 1. The van der Waals surface area contributed by atoms with Gasteiger partial charge in [0, 0.05) is 13.7 Å². The van der Waals surface area contributed by atoms with E-state index in [-0.39, 0.29) is 0 Å². The molecule has 0 unspecified atom stereocenters. The molecule has 0 aromatic rings. The molecule has 0 aromatic heterocycles. The van der Waals surface area contributed by atoms with Gasteiger partial charge in [0.2, 0.25) is 0 Å². The third-order valence-electron chi connectivity index (χ3n) is 1.81. The van der Waals surface area contributed by atoms with Crippen LogP contribution in [0.25, 0.3) is 0 Å². The van der Waals surface area contributed by atoms with Gasteiger partial charge in [0.05, 0.1) is 6.61 Å². The number of hydrogen-bond donors (Lipinski definition) is 0. The third-order valence-corrected chi connectivity index (χ3v) is 1.81. The molecule has 0 amide bonds. The summed E-state index contributed by atoms with van der Waals surface area (Å²) in [6, 6.07) is 0. The normalized spacial score (nSPS) is 11.0. The third kappa shape index (κ3) is 6.62. The molecule has 72 valence electrons. The van der Waals surface area contributed by atoms with Gasteiger partial charge in [0.1, 0.15) is 0 Å². The summed E-state index contributed by atoms with van der Waals surface area (Å²) in [6.07, 6.45) is 3.16. The first kappa shape index (κ1) is 11.9. The minimum absolute atomic E-state index is 0.817. The van der Waals surface area contributed by atoms with Crippen LogP contribution in [0.2, 0.25) is 0 Å². The van der Waals surface area contributed by atoms with Crippen LogP contribution in [0, 0.1) is 13.8 Å². The van der Waals surface area contributed by atoms with Crippen LogP contribution in [-0.4, -0.2) is 38.3 Å². The van der Waals surface area contributed by atoms with E-state index in [0.29, 0.717) is 0 Å². The van der Waals surface area contributed by atoms with Gasteiger partial charge in [-0.05, 0) is 25.9 Å². The lowest BCUT2D eigenvalue weighted by Crippen LogP contribution is -2.29. The molecule has 0 saturated heterocycles. The molecule has 0 aliphatic rings. The molecule has 0 heterocycles. The number of unbranched alkanes of at least 4 members (excludes halogenated alkanes) is 1. The first-order chi connectivity index (χ1) is 5.85. The van der Waals surface area contributed by atoms with Crippen LogP contribution in [0.3, 0.4) is 0 Å². The molecule has 0 aromatic carbocycles. The van der Waals surface area contributed by atoms with Crippen LogP contribution < -0.4 is 0 Å². The van der Waals surface area contributed by atoms with Crippen LogP contribution in [0.5, 0.6) is 0 Å². The standard InChI is InChI=1S/C10H21NO/c1-4-6-8-11(7-5-2)9-10-12-3/h1-2,4-10H2,3H3. The molecule has 2 heteroatoms. The second-order valence-corrected chi connectivity index (χ2v) is 2.90. The van der Waals surface area contributed by atoms with Crippen LogP contribution in [0.1, 0.15) is 19.3 Å². The zero-order chi connectivity index (χ0) is 9.23. The molecule has 0 spiro atoms. The molecular weight excluding hydrogens is 150 g/mol. The van der Waals surface area contributed by atoms with Gasteiger partial charge >= 0.3 is 0 Å². The molecule has 0 N–H and O–H groups in total. The Labute approximate surface area is 76.9 Å². The summed E-state index contributed by atoms with van der Waals surface area (Å²) in [5.74, 6) is 0. The second kappa shape index (κ2) is 9.01. The van der Waals surface area contributed by atoms with Gasteiger partial charge in [-0.2, -0.15) is 0 Å². The molecule has 0 atom stereocenters. The summed E-state index contributed by atoms with van der Waals surface area (Å²) in [4.78, 5) is 2.38. The summed E-state index contributed by atoms with van der Waals surface area (Å²) in [5.41, 5.74) is 0. The van der Waals surface area contributed by atoms with Crippen molar-refractivity contribution < 1.29 is 4.74 Å². The highest BCUT2D eigenvalue weighted by molar-refractivity contribution is 4.58. The zero-order valence-corrected chi connectivity index (χ0v) is 8.22. The van der Waals surface area contributed by atoms with Gasteiger partial charge in [0.15, 0.2) is 0 Å². The molecule has 0 bridgehead atoms. The fourth-order valence-corrected chi connectivity index (χ4v) is 1.11. The van der Waals surface area contributed by atoms with Gasteiger partial charge in [-0.3, -0.25) is 0 Å². The minimum Gasteiger partial charge on any atom is -0.383 e. The molecule has 0 rings (SSSR count). The van der Waals surface area contributed by atoms with Gasteiger partial charge in [-0.15, -0.1) is 0 Å². The molecule has 2 nitrogen and oxygen atoms in total. The zero-order valence-electron chi connectivity index (χ0n) is 8.22. The number of hydrogen-bond acceptors (Lipinski definition) is 2. The van der Waals surface area contributed by atoms with E-state index in [2.05, 4.69) is 18.7 Å². The fourth-order valence-electron chi connectivity index (χ4n) is 1.11. The highest BCUT2D eigenvalue weighted by Crippen LogP contribution is 1.95. The molecule has 0 fully saturated rings. The van der Waals surface area contributed by atoms with Crippen LogP contribution in [0.15, 0.2) is 0 Å². The van der Waals surface area contributed by atoms with Crippen molar-refractivity contribution in [3.63, 3.8) is 0 Å². The van der Waals surface area contributed by atoms with E-state index in [1.165, 1.54) is 6.42 Å². The molecule has 0 aliphatic heterocycles. The van der Waals surface area contributed by atoms with E-state index in [1.807, 2.05) is 0 Å². The topological polar surface area (TPSA) is 12.5 Å². The van der Waals surface area contributed by atoms with E-state index in [4.69, 9.17) is 4.74 Å². The summed E-state index contributed by atoms with van der Waals surface area (Å²) >= 11 is 0. The lowest BCUT2D eigenvalue weighted by atomic mass is 10.3. The molecule has 0 aliphatic carbocycles. The summed E-state index contributed by atoms with van der Waals surface area (Å²) in [7, 11) is 1.74. The highest BCUT2D eigenvalue weighted by Gasteiger charge is 2.01.